The summed E-state index contributed by atoms with van der Waals surface area (Å²) in [6, 6.07) is 12.3. The van der Waals surface area contributed by atoms with Crippen molar-refractivity contribution >= 4 is 0 Å². The summed E-state index contributed by atoms with van der Waals surface area (Å²) in [4.78, 5) is 0. The molecule has 20 heavy (non-hydrogen) atoms. The first-order valence-corrected chi connectivity index (χ1v) is 7.40. The van der Waals surface area contributed by atoms with E-state index < -0.39 is 0 Å². The third-order valence-corrected chi connectivity index (χ3v) is 3.89. The fourth-order valence-electron chi connectivity index (χ4n) is 2.66. The number of rotatable bonds is 4. The zero-order valence-corrected chi connectivity index (χ0v) is 12.9. The zero-order valence-electron chi connectivity index (χ0n) is 12.9. The fourth-order valence-corrected chi connectivity index (χ4v) is 2.66. The van der Waals surface area contributed by atoms with Gasteiger partial charge in [-0.15, -0.1) is 0 Å². The number of benzene rings is 2. The van der Waals surface area contributed by atoms with E-state index in [0.717, 1.165) is 12.0 Å². The van der Waals surface area contributed by atoms with Gasteiger partial charge in [0.15, 0.2) is 0 Å². The normalized spacial score (nSPS) is 12.4. The van der Waals surface area contributed by atoms with Crippen LogP contribution in [-0.4, -0.2) is 5.11 Å². The molecule has 1 unspecified atom stereocenters. The van der Waals surface area contributed by atoms with E-state index in [1.165, 1.54) is 28.7 Å². The van der Waals surface area contributed by atoms with Gasteiger partial charge in [0, 0.05) is 0 Å². The van der Waals surface area contributed by atoms with E-state index in [-0.39, 0.29) is 0 Å². The van der Waals surface area contributed by atoms with Gasteiger partial charge in [0.05, 0.1) is 0 Å². The second-order valence-electron chi connectivity index (χ2n) is 5.94. The Balaban J connectivity index is 2.50. The SMILES string of the molecule is CCC(C)Cc1ccc(O)cc1-c1cc(C)cc(C)c1. The molecule has 0 amide bonds. The van der Waals surface area contributed by atoms with Crippen LogP contribution >= 0.6 is 0 Å². The van der Waals surface area contributed by atoms with Crippen molar-refractivity contribution in [3.05, 3.63) is 53.1 Å². The molecule has 0 heterocycles. The van der Waals surface area contributed by atoms with Gasteiger partial charge in [-0.2, -0.15) is 0 Å². The summed E-state index contributed by atoms with van der Waals surface area (Å²) in [6.45, 7) is 8.74. The molecule has 0 saturated heterocycles. The van der Waals surface area contributed by atoms with Crippen molar-refractivity contribution in [3.8, 4) is 16.9 Å². The molecule has 0 fully saturated rings. The molecule has 0 aliphatic heterocycles. The van der Waals surface area contributed by atoms with Gasteiger partial charge >= 0.3 is 0 Å². The molecule has 0 aliphatic carbocycles. The van der Waals surface area contributed by atoms with Crippen LogP contribution in [0.1, 0.15) is 37.0 Å². The van der Waals surface area contributed by atoms with Gasteiger partial charge in [-0.05, 0) is 55.0 Å². The zero-order chi connectivity index (χ0) is 14.7. The largest absolute Gasteiger partial charge is 0.508 e. The van der Waals surface area contributed by atoms with Crippen LogP contribution in [0.5, 0.6) is 5.75 Å². The molecule has 1 heteroatoms. The average molecular weight is 268 g/mol. The van der Waals surface area contributed by atoms with E-state index in [1.807, 2.05) is 6.07 Å². The maximum atomic E-state index is 9.83. The van der Waals surface area contributed by atoms with E-state index in [2.05, 4.69) is 52.0 Å². The number of phenols is 1. The average Bonchev–Trinajstić information content (AvgIpc) is 2.39. The molecule has 1 atom stereocenters. The van der Waals surface area contributed by atoms with Crippen LogP contribution in [0.15, 0.2) is 36.4 Å². The first-order chi connectivity index (χ1) is 9.49. The quantitative estimate of drug-likeness (QED) is 0.801. The molecular formula is C19H24O. The van der Waals surface area contributed by atoms with Crippen LogP contribution in [0.4, 0.5) is 0 Å². The lowest BCUT2D eigenvalue weighted by Gasteiger charge is -2.15. The van der Waals surface area contributed by atoms with Crippen molar-refractivity contribution in [2.45, 2.75) is 40.5 Å². The number of aromatic hydroxyl groups is 1. The lowest BCUT2D eigenvalue weighted by Crippen LogP contribution is -2.00. The Morgan fingerprint density at radius 3 is 2.25 bits per heavy atom. The van der Waals surface area contributed by atoms with Crippen molar-refractivity contribution in [2.24, 2.45) is 5.92 Å². The van der Waals surface area contributed by atoms with E-state index in [9.17, 15) is 5.11 Å². The number of hydrogen-bond donors (Lipinski definition) is 1. The Hall–Kier alpha value is -1.76. The van der Waals surface area contributed by atoms with Gasteiger partial charge in [0.2, 0.25) is 0 Å². The summed E-state index contributed by atoms with van der Waals surface area (Å²) in [5, 5.41) is 9.83. The molecular weight excluding hydrogens is 244 g/mol. The van der Waals surface area contributed by atoms with Crippen LogP contribution in [-0.2, 0) is 6.42 Å². The lowest BCUT2D eigenvalue weighted by molar-refractivity contribution is 0.475. The second kappa shape index (κ2) is 6.13. The Kier molecular flexibility index (Phi) is 4.49. The molecule has 0 bridgehead atoms. The van der Waals surface area contributed by atoms with E-state index in [1.54, 1.807) is 6.07 Å². The minimum atomic E-state index is 0.340. The van der Waals surface area contributed by atoms with Crippen LogP contribution in [0.3, 0.4) is 0 Å². The molecule has 2 aromatic rings. The highest BCUT2D eigenvalue weighted by molar-refractivity contribution is 5.70. The molecule has 2 rings (SSSR count). The first-order valence-electron chi connectivity index (χ1n) is 7.40. The summed E-state index contributed by atoms with van der Waals surface area (Å²) in [5.74, 6) is 0.997. The molecule has 1 nitrogen and oxygen atoms in total. The van der Waals surface area contributed by atoms with Crippen molar-refractivity contribution < 1.29 is 5.11 Å². The third-order valence-electron chi connectivity index (χ3n) is 3.89. The van der Waals surface area contributed by atoms with Crippen LogP contribution < -0.4 is 0 Å². The van der Waals surface area contributed by atoms with Crippen molar-refractivity contribution in [1.29, 1.82) is 0 Å². The first kappa shape index (κ1) is 14.6. The van der Waals surface area contributed by atoms with Gasteiger partial charge in [0.25, 0.3) is 0 Å². The predicted octanol–water partition coefficient (Wildman–Crippen LogP) is 5.26. The number of phenolic OH excluding ortho intramolecular Hbond substituents is 1. The Bertz CT molecular complexity index is 578. The standard InChI is InChI=1S/C19H24O/c1-5-13(2)9-16-6-7-18(20)12-19(16)17-10-14(3)8-15(4)11-17/h6-8,10-13,20H,5,9H2,1-4H3. The van der Waals surface area contributed by atoms with Gasteiger partial charge < -0.3 is 5.11 Å². The summed E-state index contributed by atoms with van der Waals surface area (Å²) in [5.41, 5.74) is 6.21. The molecule has 106 valence electrons. The summed E-state index contributed by atoms with van der Waals surface area (Å²) < 4.78 is 0. The topological polar surface area (TPSA) is 20.2 Å². The summed E-state index contributed by atoms with van der Waals surface area (Å²) in [6.07, 6.45) is 2.23. The Morgan fingerprint density at radius 2 is 1.65 bits per heavy atom. The molecule has 2 aromatic carbocycles. The fraction of sp³-hybridized carbons (Fsp3) is 0.368. The van der Waals surface area contributed by atoms with Crippen molar-refractivity contribution in [1.82, 2.24) is 0 Å². The molecule has 0 radical (unpaired) electrons. The minimum Gasteiger partial charge on any atom is -0.508 e. The monoisotopic (exact) mass is 268 g/mol. The smallest absolute Gasteiger partial charge is 0.116 e. The highest BCUT2D eigenvalue weighted by Gasteiger charge is 2.10. The lowest BCUT2D eigenvalue weighted by atomic mass is 9.90. The summed E-state index contributed by atoms with van der Waals surface area (Å²) in [7, 11) is 0. The molecule has 0 spiro atoms. The Morgan fingerprint density at radius 1 is 1.00 bits per heavy atom. The van der Waals surface area contributed by atoms with E-state index in [0.29, 0.717) is 11.7 Å². The van der Waals surface area contributed by atoms with Crippen LogP contribution in [0.2, 0.25) is 0 Å². The van der Waals surface area contributed by atoms with Crippen LogP contribution in [0, 0.1) is 19.8 Å². The molecule has 0 aliphatic rings. The van der Waals surface area contributed by atoms with Crippen LogP contribution in [0.25, 0.3) is 11.1 Å². The van der Waals surface area contributed by atoms with Gasteiger partial charge in [-0.3, -0.25) is 0 Å². The summed E-state index contributed by atoms with van der Waals surface area (Å²) >= 11 is 0. The maximum absolute atomic E-state index is 9.83. The molecule has 0 aromatic heterocycles. The van der Waals surface area contributed by atoms with E-state index >= 15 is 0 Å². The van der Waals surface area contributed by atoms with Crippen molar-refractivity contribution in [3.63, 3.8) is 0 Å². The predicted molar refractivity (Wildman–Crippen MR) is 86.2 cm³/mol. The molecule has 0 saturated carbocycles. The highest BCUT2D eigenvalue weighted by atomic mass is 16.3. The third kappa shape index (κ3) is 3.41. The Labute approximate surface area is 122 Å². The molecule has 1 N–H and O–H groups in total. The van der Waals surface area contributed by atoms with Gasteiger partial charge in [0.1, 0.15) is 5.75 Å². The number of hydrogen-bond acceptors (Lipinski definition) is 1. The van der Waals surface area contributed by atoms with Gasteiger partial charge in [-0.1, -0.05) is 55.7 Å². The van der Waals surface area contributed by atoms with Gasteiger partial charge in [-0.25, -0.2) is 0 Å². The minimum absolute atomic E-state index is 0.340. The second-order valence-corrected chi connectivity index (χ2v) is 5.94. The maximum Gasteiger partial charge on any atom is 0.116 e. The van der Waals surface area contributed by atoms with Crippen molar-refractivity contribution in [2.75, 3.05) is 0 Å². The number of aryl methyl sites for hydroxylation is 2. The highest BCUT2D eigenvalue weighted by Crippen LogP contribution is 2.31. The van der Waals surface area contributed by atoms with E-state index in [4.69, 9.17) is 0 Å².